The first kappa shape index (κ1) is 16.3. The molecular weight excluding hydrogens is 522 g/mol. The summed E-state index contributed by atoms with van der Waals surface area (Å²) in [4.78, 5) is 8.26. The van der Waals surface area contributed by atoms with Crippen LogP contribution in [0.2, 0.25) is 5.02 Å². The van der Waals surface area contributed by atoms with Gasteiger partial charge < -0.3 is 20.7 Å². The van der Waals surface area contributed by atoms with E-state index in [2.05, 4.69) is 25.9 Å². The first-order valence-corrected chi connectivity index (χ1v) is 13.5. The molecule has 3 N–H and O–H groups in total. The van der Waals surface area contributed by atoms with Gasteiger partial charge in [-0.05, 0) is 102 Å². The lowest BCUT2D eigenvalue weighted by Gasteiger charge is -2.26. The summed E-state index contributed by atoms with van der Waals surface area (Å²) in [5, 5.41) is 6.04. The number of aromatic nitrogens is 2. The van der Waals surface area contributed by atoms with Crippen LogP contribution in [0.25, 0.3) is 0 Å². The molecule has 10 heteroatoms. The Morgan fingerprint density at radius 3 is 2.63 bits per heavy atom. The Morgan fingerprint density at radius 1 is 1.18 bits per heavy atom. The summed E-state index contributed by atoms with van der Waals surface area (Å²) in [5.74, 6) is -1.51. The van der Waals surface area contributed by atoms with E-state index in [0.717, 1.165) is 0 Å². The van der Waals surface area contributed by atoms with Crippen LogP contribution >= 0.6 is 11.6 Å². The number of aryl methyl sites for hydroxylation is 1. The maximum atomic E-state index is 13.1. The van der Waals surface area contributed by atoms with Crippen LogP contribution in [0.1, 0.15) is 73.9 Å². The molecule has 1 aromatic heterocycles. The molecule has 0 atom stereocenters. The molecular formula is C28H36ClN5O3S. The minimum absolute atomic E-state index is 0.0414. The van der Waals surface area contributed by atoms with Gasteiger partial charge in [0.25, 0.3) is 0 Å². The molecule has 8 nitrogen and oxygen atoms in total. The third-order valence-electron chi connectivity index (χ3n) is 5.85. The monoisotopic (exact) mass is 569 g/mol. The fourth-order valence-electron chi connectivity index (χ4n) is 3.93. The average Bonchev–Trinajstić information content (AvgIpc) is 2.92. The second-order valence-corrected chi connectivity index (χ2v) is 11.4. The van der Waals surface area contributed by atoms with Crippen LogP contribution in [-0.2, 0) is 9.84 Å². The van der Waals surface area contributed by atoms with Gasteiger partial charge in [0.05, 0.1) is 35.1 Å². The number of halogens is 1. The van der Waals surface area contributed by atoms with Gasteiger partial charge in [0.1, 0.15) is 10.8 Å². The fourth-order valence-corrected chi connectivity index (χ4v) is 5.17. The van der Waals surface area contributed by atoms with Crippen LogP contribution in [0, 0.1) is 6.92 Å². The number of ether oxygens (including phenoxy) is 1. The van der Waals surface area contributed by atoms with Crippen LogP contribution in [0.3, 0.4) is 0 Å². The molecule has 0 amide bonds. The van der Waals surface area contributed by atoms with Crippen LogP contribution in [0.15, 0.2) is 47.5 Å². The number of hydrogen-bond donors (Lipinski definition) is 3. The van der Waals surface area contributed by atoms with Gasteiger partial charge in [-0.25, -0.2) is 13.4 Å². The summed E-state index contributed by atoms with van der Waals surface area (Å²) in [7, 11) is -4.15. The number of para-hydroxylation sites is 1. The Bertz CT molecular complexity index is 1840. The van der Waals surface area contributed by atoms with Gasteiger partial charge in [0.15, 0.2) is 15.7 Å². The lowest BCUT2D eigenvalue weighted by Crippen LogP contribution is -2.27. The van der Waals surface area contributed by atoms with E-state index in [-0.39, 0.29) is 45.9 Å². The largest absolute Gasteiger partial charge is 0.489 e. The molecule has 0 radical (unpaired) electrons. The Balaban J connectivity index is 1.83. The second kappa shape index (κ2) is 11.9. The van der Waals surface area contributed by atoms with Crippen LogP contribution < -0.4 is 20.7 Å². The standard InChI is InChI=1S/C28H36ClN5O3S/c1-17(2)37-25-15-21(20-10-12-30-13-11-20)19(5)14-24(25)33-28-31-16-22(29)27(34-28)32-23-8-6-7-9-26(23)38(35,36)18(3)4/h6-9,14-18,20,30H,10-13H2,1-5H3,(H2,31,32,33,34)/i1D3,2D3,12D2,13D2,17D,18D. The van der Waals surface area contributed by atoms with Crippen LogP contribution in [-0.4, -0.2) is 42.7 Å². The molecule has 0 unspecified atom stereocenters. The van der Waals surface area contributed by atoms with Gasteiger partial charge in [-0.3, -0.25) is 0 Å². The minimum atomic E-state index is -4.15. The van der Waals surface area contributed by atoms with Crippen molar-refractivity contribution in [3.8, 4) is 5.75 Å². The normalized spacial score (nSPS) is 23.2. The maximum absolute atomic E-state index is 13.1. The highest BCUT2D eigenvalue weighted by Gasteiger charge is 2.24. The van der Waals surface area contributed by atoms with Crippen molar-refractivity contribution in [3.05, 3.63) is 58.7 Å². The number of anilines is 4. The summed E-state index contributed by atoms with van der Waals surface area (Å²) in [6, 6.07) is 8.48. The smallest absolute Gasteiger partial charge is 0.229 e. The molecule has 1 fully saturated rings. The summed E-state index contributed by atoms with van der Waals surface area (Å²) in [6.07, 6.45) is -2.68. The molecule has 0 aliphatic carbocycles. The molecule has 0 bridgehead atoms. The molecule has 1 aliphatic heterocycles. The number of nitrogens with one attached hydrogen (secondary N) is 3. The van der Waals surface area contributed by atoms with Crippen molar-refractivity contribution in [2.24, 2.45) is 0 Å². The second-order valence-electron chi connectivity index (χ2n) is 8.77. The lowest BCUT2D eigenvalue weighted by molar-refractivity contribution is 0.243. The highest BCUT2D eigenvalue weighted by Crippen LogP contribution is 2.37. The van der Waals surface area contributed by atoms with E-state index < -0.39 is 59.5 Å². The van der Waals surface area contributed by atoms with E-state index in [0.29, 0.717) is 11.1 Å². The molecule has 0 saturated carbocycles. The molecule has 4 rings (SSSR count). The van der Waals surface area contributed by atoms with E-state index in [1.54, 1.807) is 13.0 Å². The van der Waals surface area contributed by atoms with Crippen LogP contribution in [0.4, 0.5) is 23.1 Å². The highest BCUT2D eigenvalue weighted by atomic mass is 35.5. The molecule has 3 aromatic rings. The molecule has 0 spiro atoms. The lowest BCUT2D eigenvalue weighted by atomic mass is 9.87. The zero-order chi connectivity index (χ0) is 37.9. The zero-order valence-corrected chi connectivity index (χ0v) is 22.5. The summed E-state index contributed by atoms with van der Waals surface area (Å²) in [5.41, 5.74) is 0.747. The first-order valence-electron chi connectivity index (χ1n) is 17.6. The van der Waals surface area contributed by atoms with Crippen molar-refractivity contribution in [1.82, 2.24) is 15.3 Å². The van der Waals surface area contributed by atoms with Crippen molar-refractivity contribution in [2.75, 3.05) is 23.6 Å². The van der Waals surface area contributed by atoms with Gasteiger partial charge in [-0.15, -0.1) is 0 Å². The molecule has 2 heterocycles. The predicted octanol–water partition coefficient (Wildman–Crippen LogP) is 6.36. The van der Waals surface area contributed by atoms with E-state index >= 15 is 0 Å². The van der Waals surface area contributed by atoms with Crippen molar-refractivity contribution in [1.29, 1.82) is 0 Å². The van der Waals surface area contributed by atoms with Crippen molar-refractivity contribution >= 4 is 44.6 Å². The number of piperidine rings is 1. The fraction of sp³-hybridized carbons (Fsp3) is 0.429. The van der Waals surface area contributed by atoms with Gasteiger partial charge >= 0.3 is 0 Å². The SMILES string of the molecule is [2H]C1([2H])CC(c2cc(OC([2H])(C([2H])([2H])[2H])C([2H])([2H])[2H])c(Nc3ncc(Cl)c(Nc4ccccc4S(=O)(=O)C([2H])(C)C)n3)cc2C)CC([2H])([2H])N1. The van der Waals surface area contributed by atoms with E-state index in [1.165, 1.54) is 50.4 Å². The molecule has 204 valence electrons. The third kappa shape index (κ3) is 6.39. The number of benzene rings is 2. The quantitative estimate of drug-likeness (QED) is 0.273. The average molecular weight is 570 g/mol. The molecule has 38 heavy (non-hydrogen) atoms. The Kier molecular flexibility index (Phi) is 5.09. The summed E-state index contributed by atoms with van der Waals surface area (Å²) >= 11 is 6.36. The summed E-state index contributed by atoms with van der Waals surface area (Å²) in [6.45, 7) is -7.13. The van der Waals surface area contributed by atoms with E-state index in [9.17, 15) is 8.42 Å². The zero-order valence-electron chi connectivity index (χ0n) is 32.9. The number of sulfone groups is 1. The van der Waals surface area contributed by atoms with E-state index in [1.807, 2.05) is 0 Å². The van der Waals surface area contributed by atoms with Gasteiger partial charge in [-0.2, -0.15) is 4.98 Å². The Labute approximate surface area is 247 Å². The molecule has 1 aliphatic rings. The van der Waals surface area contributed by atoms with E-state index in [4.69, 9.17) is 32.8 Å². The Morgan fingerprint density at radius 2 is 1.92 bits per heavy atom. The van der Waals surface area contributed by atoms with Crippen molar-refractivity contribution in [2.45, 2.75) is 69.4 Å². The molecule has 2 aromatic carbocycles. The molecule has 1 saturated heterocycles. The minimum Gasteiger partial charge on any atom is -0.489 e. The number of rotatable bonds is 9. The maximum Gasteiger partial charge on any atom is 0.229 e. The van der Waals surface area contributed by atoms with Crippen molar-refractivity contribution < 1.29 is 29.6 Å². The van der Waals surface area contributed by atoms with Crippen molar-refractivity contribution in [3.63, 3.8) is 0 Å². The number of hydrogen-bond acceptors (Lipinski definition) is 8. The van der Waals surface area contributed by atoms with Gasteiger partial charge in [0, 0.05) is 15.1 Å². The third-order valence-corrected chi connectivity index (χ3v) is 8.14. The Hall–Kier alpha value is -2.88. The first-order chi connectivity index (χ1) is 22.6. The van der Waals surface area contributed by atoms with Crippen LogP contribution in [0.5, 0.6) is 5.75 Å². The van der Waals surface area contributed by atoms with Gasteiger partial charge in [0.2, 0.25) is 5.95 Å². The number of nitrogens with zero attached hydrogens (tertiary/aromatic N) is 2. The highest BCUT2D eigenvalue weighted by molar-refractivity contribution is 7.92. The summed E-state index contributed by atoms with van der Waals surface area (Å²) < 4.78 is 128. The predicted molar refractivity (Wildman–Crippen MR) is 154 cm³/mol. The van der Waals surface area contributed by atoms with Gasteiger partial charge in [-0.1, -0.05) is 23.7 Å². The topological polar surface area (TPSA) is 105 Å².